The molecular formula is C23H19Cl2F3N2O3S. The van der Waals surface area contributed by atoms with Crippen LogP contribution in [0.4, 0.5) is 18.9 Å². The Hall–Kier alpha value is -2.59. The summed E-state index contributed by atoms with van der Waals surface area (Å²) in [6, 6.07) is 15.1. The molecule has 34 heavy (non-hydrogen) atoms. The largest absolute Gasteiger partial charge is 0.416 e. The first-order chi connectivity index (χ1) is 15.9. The van der Waals surface area contributed by atoms with Crippen molar-refractivity contribution in [3.8, 4) is 0 Å². The van der Waals surface area contributed by atoms with Crippen molar-refractivity contribution in [3.05, 3.63) is 93.5 Å². The zero-order valence-electron chi connectivity index (χ0n) is 17.7. The maximum atomic E-state index is 13.3. The van der Waals surface area contributed by atoms with Gasteiger partial charge in [0.15, 0.2) is 0 Å². The first kappa shape index (κ1) is 26.0. The number of carbonyl (C=O) groups is 1. The zero-order valence-corrected chi connectivity index (χ0v) is 20.1. The van der Waals surface area contributed by atoms with Crippen LogP contribution >= 0.6 is 23.2 Å². The molecule has 0 saturated heterocycles. The highest BCUT2D eigenvalue weighted by atomic mass is 35.5. The van der Waals surface area contributed by atoms with E-state index in [1.54, 1.807) is 43.3 Å². The molecule has 0 atom stereocenters. The normalized spacial score (nSPS) is 12.1. The lowest BCUT2D eigenvalue weighted by molar-refractivity contribution is -0.137. The van der Waals surface area contributed by atoms with Crippen molar-refractivity contribution in [1.29, 1.82) is 0 Å². The monoisotopic (exact) mass is 530 g/mol. The van der Waals surface area contributed by atoms with Gasteiger partial charge >= 0.3 is 6.18 Å². The summed E-state index contributed by atoms with van der Waals surface area (Å²) in [6.07, 6.45) is -4.64. The zero-order chi connectivity index (χ0) is 25.1. The molecule has 0 bridgehead atoms. The Morgan fingerprint density at radius 3 is 2.24 bits per heavy atom. The number of alkyl halides is 3. The summed E-state index contributed by atoms with van der Waals surface area (Å²) in [7, 11) is -4.16. The Bertz CT molecular complexity index is 1300. The number of hydrogen-bond donors (Lipinski definition) is 1. The second-order valence-corrected chi connectivity index (χ2v) is 10.2. The SMILES string of the molecule is Cc1ccc(S(=O)(=O)N(CC(=O)Nc2cc(C(F)(F)F)ccc2Cl)Cc2ccccc2Cl)cc1. The Morgan fingerprint density at radius 2 is 1.62 bits per heavy atom. The Morgan fingerprint density at radius 1 is 0.971 bits per heavy atom. The van der Waals surface area contributed by atoms with E-state index in [-0.39, 0.29) is 22.2 Å². The minimum atomic E-state index is -4.64. The number of carbonyl (C=O) groups excluding carboxylic acids is 1. The molecule has 3 aromatic carbocycles. The molecule has 3 aromatic rings. The number of sulfonamides is 1. The summed E-state index contributed by atoms with van der Waals surface area (Å²) in [5.74, 6) is -0.871. The molecule has 0 saturated carbocycles. The van der Waals surface area contributed by atoms with Gasteiger partial charge in [-0.3, -0.25) is 4.79 Å². The molecule has 180 valence electrons. The maximum Gasteiger partial charge on any atom is 0.416 e. The van der Waals surface area contributed by atoms with Crippen molar-refractivity contribution in [2.75, 3.05) is 11.9 Å². The van der Waals surface area contributed by atoms with Gasteiger partial charge < -0.3 is 5.32 Å². The number of halogens is 5. The fourth-order valence-corrected chi connectivity index (χ4v) is 4.78. The summed E-state index contributed by atoms with van der Waals surface area (Å²) >= 11 is 12.1. The Balaban J connectivity index is 1.92. The number of anilines is 1. The molecule has 1 N–H and O–H groups in total. The summed E-state index contributed by atoms with van der Waals surface area (Å²) in [5, 5.41) is 2.45. The minimum absolute atomic E-state index is 0.0462. The topological polar surface area (TPSA) is 66.5 Å². The van der Waals surface area contributed by atoms with E-state index in [1.807, 2.05) is 0 Å². The highest BCUT2D eigenvalue weighted by Crippen LogP contribution is 2.34. The third kappa shape index (κ3) is 6.29. The van der Waals surface area contributed by atoms with Crippen LogP contribution in [0, 0.1) is 6.92 Å². The van der Waals surface area contributed by atoms with E-state index < -0.39 is 34.2 Å². The molecule has 0 spiro atoms. The molecule has 5 nitrogen and oxygen atoms in total. The third-order valence-electron chi connectivity index (χ3n) is 4.85. The lowest BCUT2D eigenvalue weighted by atomic mass is 10.2. The number of amides is 1. The van der Waals surface area contributed by atoms with E-state index in [1.165, 1.54) is 12.1 Å². The molecule has 0 radical (unpaired) electrons. The fourth-order valence-electron chi connectivity index (χ4n) is 3.05. The van der Waals surface area contributed by atoms with Gasteiger partial charge in [0.2, 0.25) is 15.9 Å². The van der Waals surface area contributed by atoms with Gasteiger partial charge in [0.1, 0.15) is 0 Å². The second-order valence-electron chi connectivity index (χ2n) is 7.42. The smallest absolute Gasteiger partial charge is 0.324 e. The van der Waals surface area contributed by atoms with Crippen LogP contribution in [0.3, 0.4) is 0 Å². The van der Waals surface area contributed by atoms with Crippen molar-refractivity contribution in [2.24, 2.45) is 0 Å². The van der Waals surface area contributed by atoms with E-state index in [2.05, 4.69) is 5.32 Å². The van der Waals surface area contributed by atoms with Crippen LogP contribution in [0.25, 0.3) is 0 Å². The van der Waals surface area contributed by atoms with E-state index >= 15 is 0 Å². The highest BCUT2D eigenvalue weighted by molar-refractivity contribution is 7.89. The van der Waals surface area contributed by atoms with E-state index in [4.69, 9.17) is 23.2 Å². The lowest BCUT2D eigenvalue weighted by Crippen LogP contribution is -2.37. The average Bonchev–Trinajstić information content (AvgIpc) is 2.75. The third-order valence-corrected chi connectivity index (χ3v) is 7.36. The number of nitrogens with zero attached hydrogens (tertiary/aromatic N) is 1. The Labute approximate surface area is 205 Å². The van der Waals surface area contributed by atoms with E-state index in [9.17, 15) is 26.4 Å². The van der Waals surface area contributed by atoms with Crippen molar-refractivity contribution in [2.45, 2.75) is 24.5 Å². The molecule has 0 aliphatic heterocycles. The summed E-state index contributed by atoms with van der Waals surface area (Å²) in [5.41, 5.74) is -0.00221. The molecule has 3 rings (SSSR count). The molecular weight excluding hydrogens is 512 g/mol. The molecule has 1 amide bonds. The number of aryl methyl sites for hydroxylation is 1. The summed E-state index contributed by atoms with van der Waals surface area (Å²) in [4.78, 5) is 12.7. The Kier molecular flexibility index (Phi) is 7.92. The molecule has 0 unspecified atom stereocenters. The van der Waals surface area contributed by atoms with Gasteiger partial charge in [-0.05, 0) is 48.9 Å². The van der Waals surface area contributed by atoms with Crippen molar-refractivity contribution in [1.82, 2.24) is 4.31 Å². The number of hydrogen-bond acceptors (Lipinski definition) is 3. The van der Waals surface area contributed by atoms with Crippen LogP contribution in [-0.4, -0.2) is 25.2 Å². The van der Waals surface area contributed by atoms with Crippen molar-refractivity contribution < 1.29 is 26.4 Å². The number of nitrogens with one attached hydrogen (secondary N) is 1. The van der Waals surface area contributed by atoms with Gasteiger partial charge in [0.05, 0.1) is 27.7 Å². The van der Waals surface area contributed by atoms with Gasteiger partial charge in [-0.1, -0.05) is 59.1 Å². The van der Waals surface area contributed by atoms with Crippen LogP contribution < -0.4 is 5.32 Å². The van der Waals surface area contributed by atoms with Gasteiger partial charge in [0, 0.05) is 11.6 Å². The molecule has 11 heteroatoms. The van der Waals surface area contributed by atoms with Crippen LogP contribution in [-0.2, 0) is 27.5 Å². The van der Waals surface area contributed by atoms with Gasteiger partial charge in [-0.25, -0.2) is 8.42 Å². The highest BCUT2D eigenvalue weighted by Gasteiger charge is 2.32. The van der Waals surface area contributed by atoms with Gasteiger partial charge in [0.25, 0.3) is 0 Å². The van der Waals surface area contributed by atoms with E-state index in [0.717, 1.165) is 22.0 Å². The predicted molar refractivity (Wildman–Crippen MR) is 125 cm³/mol. The maximum absolute atomic E-state index is 13.3. The van der Waals surface area contributed by atoms with Gasteiger partial charge in [-0.15, -0.1) is 0 Å². The van der Waals surface area contributed by atoms with Gasteiger partial charge in [-0.2, -0.15) is 17.5 Å². The summed E-state index contributed by atoms with van der Waals surface area (Å²) < 4.78 is 66.7. The number of rotatable bonds is 7. The van der Waals surface area contributed by atoms with Crippen molar-refractivity contribution >= 4 is 44.8 Å². The molecule has 0 fully saturated rings. The molecule has 0 heterocycles. The molecule has 0 aliphatic carbocycles. The first-order valence-electron chi connectivity index (χ1n) is 9.85. The van der Waals surface area contributed by atoms with Crippen LogP contribution in [0.5, 0.6) is 0 Å². The fraction of sp³-hybridized carbons (Fsp3) is 0.174. The van der Waals surface area contributed by atoms with Crippen molar-refractivity contribution in [3.63, 3.8) is 0 Å². The second kappa shape index (κ2) is 10.4. The van der Waals surface area contributed by atoms with E-state index in [0.29, 0.717) is 16.7 Å². The standard InChI is InChI=1S/C23H19Cl2F3N2O3S/c1-15-6-9-18(10-7-15)34(32,33)30(13-16-4-2-3-5-19(16)24)14-22(31)29-21-12-17(23(26,27)28)8-11-20(21)25/h2-12H,13-14H2,1H3,(H,29,31). The van der Waals surface area contributed by atoms with Crippen LogP contribution in [0.15, 0.2) is 71.6 Å². The minimum Gasteiger partial charge on any atom is -0.324 e. The molecule has 0 aliphatic rings. The lowest BCUT2D eigenvalue weighted by Gasteiger charge is -2.23. The predicted octanol–water partition coefficient (Wildman–Crippen LogP) is 6.15. The summed E-state index contributed by atoms with van der Waals surface area (Å²) in [6.45, 7) is 0.873. The average molecular weight is 531 g/mol. The number of benzene rings is 3. The quantitative estimate of drug-likeness (QED) is 0.398. The molecule has 0 aromatic heterocycles. The van der Waals surface area contributed by atoms with Crippen LogP contribution in [0.2, 0.25) is 10.0 Å². The van der Waals surface area contributed by atoms with Crippen LogP contribution in [0.1, 0.15) is 16.7 Å². The first-order valence-corrected chi connectivity index (χ1v) is 12.0.